The van der Waals surface area contributed by atoms with E-state index in [1.54, 1.807) is 25.3 Å². The molecule has 0 saturated heterocycles. The molecule has 92 valence electrons. The second-order valence-corrected chi connectivity index (χ2v) is 4.31. The van der Waals surface area contributed by atoms with Crippen molar-refractivity contribution in [3.8, 4) is 5.75 Å². The summed E-state index contributed by atoms with van der Waals surface area (Å²) in [6, 6.07) is 5.36. The number of amides is 1. The highest BCUT2D eigenvalue weighted by Crippen LogP contribution is 2.29. The van der Waals surface area contributed by atoms with Crippen LogP contribution in [0.2, 0.25) is 0 Å². The monoisotopic (exact) mass is 298 g/mol. The Hall–Kier alpha value is -1.36. The molecular weight excluding hydrogens is 284 g/mol. The largest absolute Gasteiger partial charge is 0.497 e. The van der Waals surface area contributed by atoms with Crippen molar-refractivity contribution in [2.75, 3.05) is 12.1 Å². The molecule has 0 radical (unpaired) electrons. The van der Waals surface area contributed by atoms with Crippen LogP contribution in [0.1, 0.15) is 20.3 Å². The van der Waals surface area contributed by atoms with Gasteiger partial charge in [0.1, 0.15) is 5.75 Å². The maximum Gasteiger partial charge on any atom is 0.234 e. The molecule has 1 rings (SSSR count). The van der Waals surface area contributed by atoms with Crippen LogP contribution in [0.3, 0.4) is 0 Å². The number of ether oxygens (including phenoxy) is 1. The first-order valence-corrected chi connectivity index (χ1v) is 6.03. The van der Waals surface area contributed by atoms with Crippen molar-refractivity contribution in [2.45, 2.75) is 20.3 Å². The Morgan fingerprint density at radius 1 is 1.59 bits per heavy atom. The molecule has 1 aromatic rings. The Morgan fingerprint density at radius 2 is 2.29 bits per heavy atom. The van der Waals surface area contributed by atoms with Crippen LogP contribution in [-0.2, 0) is 4.79 Å². The topological polar surface area (TPSA) is 41.9 Å². The van der Waals surface area contributed by atoms with Crippen LogP contribution in [0, 0.1) is 0 Å². The van der Waals surface area contributed by atoms with E-state index in [9.17, 15) is 4.79 Å². The standard InChI is InChI=1S/C12H15BrN2O2/c1-4-9(2)14-15(8-16)12-6-5-10(17-3)7-11(12)13/h5-8H,4H2,1-3H3/b14-9-. The van der Waals surface area contributed by atoms with Gasteiger partial charge in [0.05, 0.1) is 12.8 Å². The van der Waals surface area contributed by atoms with Crippen molar-refractivity contribution >= 4 is 33.7 Å². The lowest BCUT2D eigenvalue weighted by molar-refractivity contribution is -0.107. The van der Waals surface area contributed by atoms with Gasteiger partial charge in [-0.2, -0.15) is 5.10 Å². The van der Waals surface area contributed by atoms with E-state index in [0.29, 0.717) is 12.1 Å². The Kier molecular flexibility index (Phi) is 5.15. The van der Waals surface area contributed by atoms with Gasteiger partial charge in [0, 0.05) is 10.2 Å². The molecule has 0 spiro atoms. The zero-order valence-electron chi connectivity index (χ0n) is 10.1. The Morgan fingerprint density at radius 3 is 2.76 bits per heavy atom. The summed E-state index contributed by atoms with van der Waals surface area (Å²) in [4.78, 5) is 11.0. The molecule has 0 saturated carbocycles. The normalized spacial score (nSPS) is 11.2. The summed E-state index contributed by atoms with van der Waals surface area (Å²) in [6.07, 6.45) is 1.49. The fourth-order valence-corrected chi connectivity index (χ4v) is 1.73. The Balaban J connectivity index is 3.08. The van der Waals surface area contributed by atoms with Crippen LogP contribution in [0.5, 0.6) is 5.75 Å². The highest BCUT2D eigenvalue weighted by molar-refractivity contribution is 9.10. The third-order valence-electron chi connectivity index (χ3n) is 2.29. The molecule has 4 nitrogen and oxygen atoms in total. The second-order valence-electron chi connectivity index (χ2n) is 3.46. The molecule has 0 aliphatic rings. The molecule has 0 aromatic heterocycles. The number of hydrogen-bond donors (Lipinski definition) is 0. The van der Waals surface area contributed by atoms with Gasteiger partial charge in [0.15, 0.2) is 0 Å². The molecule has 0 N–H and O–H groups in total. The van der Waals surface area contributed by atoms with E-state index < -0.39 is 0 Å². The van der Waals surface area contributed by atoms with Crippen LogP contribution in [0.4, 0.5) is 5.69 Å². The SMILES string of the molecule is CC/C(C)=N\N(C=O)c1ccc(OC)cc1Br. The first kappa shape index (κ1) is 13.7. The molecule has 0 aliphatic heterocycles. The highest BCUT2D eigenvalue weighted by Gasteiger charge is 2.09. The van der Waals surface area contributed by atoms with E-state index in [-0.39, 0.29) is 0 Å². The number of rotatable bonds is 5. The Labute approximate surface area is 109 Å². The summed E-state index contributed by atoms with van der Waals surface area (Å²) in [6.45, 7) is 3.87. The van der Waals surface area contributed by atoms with E-state index in [1.807, 2.05) is 13.8 Å². The van der Waals surface area contributed by atoms with Gasteiger partial charge in [0.2, 0.25) is 6.41 Å². The predicted octanol–water partition coefficient (Wildman–Crippen LogP) is 3.21. The molecule has 0 aliphatic carbocycles. The highest BCUT2D eigenvalue weighted by atomic mass is 79.9. The predicted molar refractivity (Wildman–Crippen MR) is 72.6 cm³/mol. The molecule has 1 amide bonds. The number of carbonyl (C=O) groups excluding carboxylic acids is 1. The van der Waals surface area contributed by atoms with Gasteiger partial charge in [-0.3, -0.25) is 4.79 Å². The summed E-state index contributed by atoms with van der Waals surface area (Å²) in [5.74, 6) is 0.725. The molecule has 0 atom stereocenters. The Bertz CT molecular complexity index is 433. The summed E-state index contributed by atoms with van der Waals surface area (Å²) in [5.41, 5.74) is 1.58. The first-order chi connectivity index (χ1) is 8.12. The van der Waals surface area contributed by atoms with Crippen molar-refractivity contribution in [3.63, 3.8) is 0 Å². The number of hydrazone groups is 1. The van der Waals surface area contributed by atoms with Gasteiger partial charge in [-0.15, -0.1) is 0 Å². The third kappa shape index (κ3) is 3.56. The van der Waals surface area contributed by atoms with Gasteiger partial charge in [-0.25, -0.2) is 5.01 Å². The van der Waals surface area contributed by atoms with E-state index in [1.165, 1.54) is 5.01 Å². The van der Waals surface area contributed by atoms with Crippen molar-refractivity contribution < 1.29 is 9.53 Å². The van der Waals surface area contributed by atoms with Crippen LogP contribution in [0.15, 0.2) is 27.8 Å². The fourth-order valence-electron chi connectivity index (χ4n) is 1.19. The van der Waals surface area contributed by atoms with Gasteiger partial charge in [-0.05, 0) is 47.5 Å². The molecule has 0 bridgehead atoms. The van der Waals surface area contributed by atoms with E-state index in [4.69, 9.17) is 4.74 Å². The van der Waals surface area contributed by atoms with Crippen LogP contribution in [0.25, 0.3) is 0 Å². The molecule has 17 heavy (non-hydrogen) atoms. The zero-order chi connectivity index (χ0) is 12.8. The molecule has 0 heterocycles. The minimum atomic E-state index is 0.686. The number of benzene rings is 1. The maximum atomic E-state index is 11.0. The number of halogens is 1. The third-order valence-corrected chi connectivity index (χ3v) is 2.93. The average molecular weight is 299 g/mol. The minimum absolute atomic E-state index is 0.686. The van der Waals surface area contributed by atoms with Gasteiger partial charge in [-0.1, -0.05) is 6.92 Å². The number of anilines is 1. The maximum absolute atomic E-state index is 11.0. The smallest absolute Gasteiger partial charge is 0.234 e. The molecule has 0 unspecified atom stereocenters. The number of hydrogen-bond acceptors (Lipinski definition) is 3. The van der Waals surface area contributed by atoms with Gasteiger partial charge < -0.3 is 4.74 Å². The van der Waals surface area contributed by atoms with Crippen molar-refractivity contribution in [3.05, 3.63) is 22.7 Å². The number of carbonyl (C=O) groups is 1. The van der Waals surface area contributed by atoms with Crippen molar-refractivity contribution in [2.24, 2.45) is 5.10 Å². The molecule has 5 heteroatoms. The fraction of sp³-hybridized carbons (Fsp3) is 0.333. The zero-order valence-corrected chi connectivity index (χ0v) is 11.7. The summed E-state index contributed by atoms with van der Waals surface area (Å²) < 4.78 is 5.85. The lowest BCUT2D eigenvalue weighted by Crippen LogP contribution is -2.16. The summed E-state index contributed by atoms with van der Waals surface area (Å²) in [5, 5.41) is 5.52. The van der Waals surface area contributed by atoms with E-state index in [2.05, 4.69) is 21.0 Å². The number of methoxy groups -OCH3 is 1. The van der Waals surface area contributed by atoms with Crippen LogP contribution < -0.4 is 9.75 Å². The lowest BCUT2D eigenvalue weighted by atomic mass is 10.3. The van der Waals surface area contributed by atoms with Crippen molar-refractivity contribution in [1.29, 1.82) is 0 Å². The summed E-state index contributed by atoms with van der Waals surface area (Å²) in [7, 11) is 1.60. The average Bonchev–Trinajstić information content (AvgIpc) is 2.35. The molecule has 1 aromatic carbocycles. The molecular formula is C12H15BrN2O2. The van der Waals surface area contributed by atoms with E-state index in [0.717, 1.165) is 22.4 Å². The van der Waals surface area contributed by atoms with Crippen LogP contribution in [-0.4, -0.2) is 19.2 Å². The van der Waals surface area contributed by atoms with E-state index >= 15 is 0 Å². The second kappa shape index (κ2) is 6.39. The first-order valence-electron chi connectivity index (χ1n) is 5.24. The summed E-state index contributed by atoms with van der Waals surface area (Å²) >= 11 is 3.39. The van der Waals surface area contributed by atoms with Gasteiger partial charge in [0.25, 0.3) is 0 Å². The molecule has 0 fully saturated rings. The quantitative estimate of drug-likeness (QED) is 0.476. The van der Waals surface area contributed by atoms with Crippen molar-refractivity contribution in [1.82, 2.24) is 0 Å². The minimum Gasteiger partial charge on any atom is -0.497 e. The van der Waals surface area contributed by atoms with Gasteiger partial charge >= 0.3 is 0 Å². The lowest BCUT2D eigenvalue weighted by Gasteiger charge is -2.14. The van der Waals surface area contributed by atoms with Crippen LogP contribution >= 0.6 is 15.9 Å². The number of nitrogens with zero attached hydrogens (tertiary/aromatic N) is 2.